The average Bonchev–Trinajstić information content (AvgIpc) is 2.46. The third kappa shape index (κ3) is 2.41. The van der Waals surface area contributed by atoms with Crippen molar-refractivity contribution in [3.63, 3.8) is 0 Å². The van der Waals surface area contributed by atoms with Crippen molar-refractivity contribution < 1.29 is 9.90 Å². The summed E-state index contributed by atoms with van der Waals surface area (Å²) in [6.45, 7) is 3.26. The van der Waals surface area contributed by atoms with E-state index in [0.29, 0.717) is 5.92 Å². The monoisotopic (exact) mass is 273 g/mol. The largest absolute Gasteiger partial charge is 0.481 e. The molecule has 3 unspecified atom stereocenters. The number of para-hydroxylation sites is 1. The Kier molecular flexibility index (Phi) is 3.68. The molecule has 0 aromatic heterocycles. The molecule has 0 bridgehead atoms. The molecule has 2 aliphatic rings. The minimum absolute atomic E-state index is 0.171. The van der Waals surface area contributed by atoms with Crippen molar-refractivity contribution in [2.75, 3.05) is 11.4 Å². The predicted octanol–water partition coefficient (Wildman–Crippen LogP) is 3.33. The van der Waals surface area contributed by atoms with Crippen LogP contribution in [-0.2, 0) is 11.2 Å². The van der Waals surface area contributed by atoms with Crippen LogP contribution in [-0.4, -0.2) is 23.7 Å². The summed E-state index contributed by atoms with van der Waals surface area (Å²) in [5.41, 5.74) is 2.64. The molecule has 3 heteroatoms. The van der Waals surface area contributed by atoms with Gasteiger partial charge >= 0.3 is 5.97 Å². The van der Waals surface area contributed by atoms with Crippen LogP contribution in [0, 0.1) is 11.8 Å². The van der Waals surface area contributed by atoms with Crippen LogP contribution in [0.3, 0.4) is 0 Å². The van der Waals surface area contributed by atoms with E-state index >= 15 is 0 Å². The SMILES string of the molecule is CC1Cc2ccccc2N(C2CCCCC2C(=O)O)C1. The van der Waals surface area contributed by atoms with E-state index < -0.39 is 5.97 Å². The van der Waals surface area contributed by atoms with Gasteiger partial charge in [-0.05, 0) is 36.8 Å². The van der Waals surface area contributed by atoms with Gasteiger partial charge in [0.05, 0.1) is 5.92 Å². The van der Waals surface area contributed by atoms with Crippen molar-refractivity contribution in [3.05, 3.63) is 29.8 Å². The molecule has 108 valence electrons. The van der Waals surface area contributed by atoms with E-state index in [2.05, 4.69) is 36.1 Å². The number of hydrogen-bond acceptors (Lipinski definition) is 2. The zero-order chi connectivity index (χ0) is 14.1. The lowest BCUT2D eigenvalue weighted by molar-refractivity contribution is -0.143. The van der Waals surface area contributed by atoms with Crippen LogP contribution in [0.5, 0.6) is 0 Å². The Balaban J connectivity index is 1.94. The normalized spacial score (nSPS) is 29.9. The van der Waals surface area contributed by atoms with Gasteiger partial charge in [0.15, 0.2) is 0 Å². The Hall–Kier alpha value is -1.51. The lowest BCUT2D eigenvalue weighted by Gasteiger charge is -2.44. The average molecular weight is 273 g/mol. The molecule has 1 aromatic carbocycles. The highest BCUT2D eigenvalue weighted by atomic mass is 16.4. The lowest BCUT2D eigenvalue weighted by Crippen LogP contribution is -2.49. The first-order valence-electron chi connectivity index (χ1n) is 7.74. The molecule has 3 rings (SSSR count). The van der Waals surface area contributed by atoms with Gasteiger partial charge < -0.3 is 10.0 Å². The molecule has 1 saturated carbocycles. The van der Waals surface area contributed by atoms with Crippen LogP contribution in [0.4, 0.5) is 5.69 Å². The van der Waals surface area contributed by atoms with E-state index in [-0.39, 0.29) is 12.0 Å². The number of carboxylic acids is 1. The van der Waals surface area contributed by atoms with Crippen LogP contribution in [0.1, 0.15) is 38.2 Å². The van der Waals surface area contributed by atoms with E-state index in [1.54, 1.807) is 0 Å². The summed E-state index contributed by atoms with van der Waals surface area (Å²) < 4.78 is 0. The molecular weight excluding hydrogens is 250 g/mol. The van der Waals surface area contributed by atoms with Crippen molar-refractivity contribution in [1.82, 2.24) is 0 Å². The molecule has 1 aliphatic heterocycles. The molecule has 1 N–H and O–H groups in total. The van der Waals surface area contributed by atoms with Gasteiger partial charge in [-0.2, -0.15) is 0 Å². The first-order valence-corrected chi connectivity index (χ1v) is 7.74. The number of rotatable bonds is 2. The van der Waals surface area contributed by atoms with Gasteiger partial charge in [0.25, 0.3) is 0 Å². The Labute approximate surface area is 120 Å². The van der Waals surface area contributed by atoms with Crippen LogP contribution >= 0.6 is 0 Å². The maximum atomic E-state index is 11.6. The maximum Gasteiger partial charge on any atom is 0.308 e. The summed E-state index contributed by atoms with van der Waals surface area (Å²) in [7, 11) is 0. The number of aliphatic carboxylic acids is 1. The molecule has 3 atom stereocenters. The van der Waals surface area contributed by atoms with Gasteiger partial charge in [0, 0.05) is 18.3 Å². The highest BCUT2D eigenvalue weighted by Crippen LogP contribution is 2.37. The van der Waals surface area contributed by atoms with Crippen molar-refractivity contribution in [1.29, 1.82) is 0 Å². The Morgan fingerprint density at radius 1 is 1.25 bits per heavy atom. The van der Waals surface area contributed by atoms with Crippen molar-refractivity contribution in [2.45, 2.75) is 45.1 Å². The molecule has 0 amide bonds. The maximum absolute atomic E-state index is 11.6. The minimum atomic E-state index is -0.620. The summed E-state index contributed by atoms with van der Waals surface area (Å²) in [5.74, 6) is -0.228. The van der Waals surface area contributed by atoms with E-state index in [9.17, 15) is 9.90 Å². The van der Waals surface area contributed by atoms with Crippen molar-refractivity contribution >= 4 is 11.7 Å². The summed E-state index contributed by atoms with van der Waals surface area (Å²) in [6, 6.07) is 8.68. The van der Waals surface area contributed by atoms with Gasteiger partial charge in [-0.25, -0.2) is 0 Å². The molecule has 1 heterocycles. The molecule has 1 aliphatic carbocycles. The first kappa shape index (κ1) is 13.5. The zero-order valence-corrected chi connectivity index (χ0v) is 12.1. The molecule has 1 fully saturated rings. The minimum Gasteiger partial charge on any atom is -0.481 e. The smallest absolute Gasteiger partial charge is 0.308 e. The second-order valence-corrected chi connectivity index (χ2v) is 6.39. The number of carboxylic acid groups (broad SMARTS) is 1. The third-order valence-corrected chi connectivity index (χ3v) is 4.82. The van der Waals surface area contributed by atoms with Gasteiger partial charge in [-0.1, -0.05) is 38.0 Å². The molecular formula is C17H23NO2. The summed E-state index contributed by atoms with van der Waals surface area (Å²) in [5, 5.41) is 9.53. The van der Waals surface area contributed by atoms with Gasteiger partial charge in [-0.3, -0.25) is 4.79 Å². The summed E-state index contributed by atoms with van der Waals surface area (Å²) >= 11 is 0. The van der Waals surface area contributed by atoms with Crippen LogP contribution in [0.2, 0.25) is 0 Å². The quantitative estimate of drug-likeness (QED) is 0.898. The number of hydrogen-bond donors (Lipinski definition) is 1. The zero-order valence-electron chi connectivity index (χ0n) is 12.1. The predicted molar refractivity (Wildman–Crippen MR) is 80.0 cm³/mol. The Morgan fingerprint density at radius 3 is 2.80 bits per heavy atom. The van der Waals surface area contributed by atoms with E-state index in [1.807, 2.05) is 0 Å². The van der Waals surface area contributed by atoms with Crippen LogP contribution in [0.25, 0.3) is 0 Å². The molecule has 0 radical (unpaired) electrons. The standard InChI is InChI=1S/C17H23NO2/c1-12-10-13-6-2-4-8-15(13)18(11-12)16-9-5-3-7-14(16)17(19)20/h2,4,6,8,12,14,16H,3,5,7,9-11H2,1H3,(H,19,20). The van der Waals surface area contributed by atoms with Gasteiger partial charge in [0.2, 0.25) is 0 Å². The van der Waals surface area contributed by atoms with Crippen molar-refractivity contribution in [2.24, 2.45) is 11.8 Å². The highest BCUT2D eigenvalue weighted by molar-refractivity contribution is 5.72. The van der Waals surface area contributed by atoms with Gasteiger partial charge in [0.1, 0.15) is 0 Å². The third-order valence-electron chi connectivity index (χ3n) is 4.82. The fourth-order valence-corrected chi connectivity index (χ4v) is 3.92. The Bertz CT molecular complexity index is 500. The van der Waals surface area contributed by atoms with Crippen molar-refractivity contribution in [3.8, 4) is 0 Å². The molecule has 3 nitrogen and oxygen atoms in total. The fourth-order valence-electron chi connectivity index (χ4n) is 3.92. The Morgan fingerprint density at radius 2 is 2.00 bits per heavy atom. The van der Waals surface area contributed by atoms with Crippen LogP contribution < -0.4 is 4.90 Å². The first-order chi connectivity index (χ1) is 9.66. The second-order valence-electron chi connectivity index (χ2n) is 6.39. The lowest BCUT2D eigenvalue weighted by atomic mass is 9.81. The number of nitrogens with zero attached hydrogens (tertiary/aromatic N) is 1. The summed E-state index contributed by atoms with van der Waals surface area (Å²) in [6.07, 6.45) is 5.15. The topological polar surface area (TPSA) is 40.5 Å². The highest BCUT2D eigenvalue weighted by Gasteiger charge is 2.37. The molecule has 0 saturated heterocycles. The van der Waals surface area contributed by atoms with E-state index in [4.69, 9.17) is 0 Å². The summed E-state index contributed by atoms with van der Waals surface area (Å²) in [4.78, 5) is 14.0. The van der Waals surface area contributed by atoms with Gasteiger partial charge in [-0.15, -0.1) is 0 Å². The fraction of sp³-hybridized carbons (Fsp3) is 0.588. The van der Waals surface area contributed by atoms with Crippen LogP contribution in [0.15, 0.2) is 24.3 Å². The molecule has 0 spiro atoms. The number of fused-ring (bicyclic) bond motifs is 1. The molecule has 20 heavy (non-hydrogen) atoms. The van der Waals surface area contributed by atoms with E-state index in [0.717, 1.165) is 38.6 Å². The number of anilines is 1. The molecule has 1 aromatic rings. The number of carbonyl (C=O) groups is 1. The second kappa shape index (κ2) is 5.47. The number of benzene rings is 1. The van der Waals surface area contributed by atoms with E-state index in [1.165, 1.54) is 11.3 Å².